The number of thioether (sulfide) groups is 2. The van der Waals surface area contributed by atoms with Crippen LogP contribution < -0.4 is 0 Å². The molecule has 1 aliphatic rings. The number of hydrogen-bond donors (Lipinski definition) is 0. The lowest BCUT2D eigenvalue weighted by molar-refractivity contribution is 0.727. The molecule has 0 saturated carbocycles. The molecule has 0 bridgehead atoms. The van der Waals surface area contributed by atoms with Gasteiger partial charge < -0.3 is 0 Å². The maximum absolute atomic E-state index is 2.29. The number of rotatable bonds is 3. The summed E-state index contributed by atoms with van der Waals surface area (Å²) in [6.45, 7) is 2.29. The molecule has 0 atom stereocenters. The first kappa shape index (κ1) is 11.4. The lowest BCUT2D eigenvalue weighted by atomic mass is 10.1. The summed E-state index contributed by atoms with van der Waals surface area (Å²) in [5.74, 6) is 2.64. The predicted octanol–water partition coefficient (Wildman–Crippen LogP) is 4.51. The van der Waals surface area contributed by atoms with E-state index in [1.165, 1.54) is 36.3 Å². The van der Waals surface area contributed by atoms with Gasteiger partial charge in [0.25, 0.3) is 0 Å². The van der Waals surface area contributed by atoms with E-state index in [1.54, 1.807) is 0 Å². The third kappa shape index (κ3) is 2.54. The van der Waals surface area contributed by atoms with E-state index in [9.17, 15) is 0 Å². The molecule has 2 rings (SSSR count). The molecule has 0 spiro atoms. The molecule has 0 unspecified atom stereocenters. The fourth-order valence-electron chi connectivity index (χ4n) is 2.05. The highest BCUT2D eigenvalue weighted by Gasteiger charge is 2.34. The Labute approximate surface area is 101 Å². The smallest absolute Gasteiger partial charge is 0.0860 e. The molecule has 1 aromatic carbocycles. The highest BCUT2D eigenvalue weighted by atomic mass is 32.2. The van der Waals surface area contributed by atoms with Crippen LogP contribution in [0.4, 0.5) is 0 Å². The molecule has 2 heteroatoms. The molecule has 0 nitrogen and oxygen atoms in total. The average molecular weight is 238 g/mol. The van der Waals surface area contributed by atoms with Crippen molar-refractivity contribution in [2.75, 3.05) is 11.5 Å². The van der Waals surface area contributed by atoms with Crippen LogP contribution in [-0.4, -0.2) is 11.5 Å². The van der Waals surface area contributed by atoms with E-state index in [4.69, 9.17) is 0 Å². The first-order chi connectivity index (χ1) is 7.37. The monoisotopic (exact) mass is 238 g/mol. The molecule has 15 heavy (non-hydrogen) atoms. The molecular formula is C13H18S2. The van der Waals surface area contributed by atoms with Gasteiger partial charge in [-0.2, -0.15) is 0 Å². The number of hydrogen-bond acceptors (Lipinski definition) is 2. The molecule has 0 N–H and O–H groups in total. The van der Waals surface area contributed by atoms with Crippen molar-refractivity contribution in [3.05, 3.63) is 35.9 Å². The summed E-state index contributed by atoms with van der Waals surface area (Å²) in [6.07, 6.45) is 3.94. The molecule has 1 aromatic rings. The van der Waals surface area contributed by atoms with Gasteiger partial charge in [-0.25, -0.2) is 0 Å². The van der Waals surface area contributed by atoms with Crippen LogP contribution in [0.5, 0.6) is 0 Å². The zero-order valence-corrected chi connectivity index (χ0v) is 10.9. The van der Waals surface area contributed by atoms with E-state index < -0.39 is 0 Å². The lowest BCUT2D eigenvalue weighted by Gasteiger charge is -2.36. The van der Waals surface area contributed by atoms with Gasteiger partial charge in [-0.3, -0.25) is 0 Å². The van der Waals surface area contributed by atoms with Crippen molar-refractivity contribution < 1.29 is 0 Å². The Morgan fingerprint density at radius 3 is 2.40 bits per heavy atom. The Morgan fingerprint density at radius 1 is 1.13 bits per heavy atom. The van der Waals surface area contributed by atoms with Gasteiger partial charge in [-0.15, -0.1) is 23.5 Å². The topological polar surface area (TPSA) is 0 Å². The van der Waals surface area contributed by atoms with Crippen LogP contribution >= 0.6 is 23.5 Å². The average Bonchev–Trinajstić information content (AvgIpc) is 2.32. The third-order valence-electron chi connectivity index (χ3n) is 2.75. The van der Waals surface area contributed by atoms with Gasteiger partial charge in [0.1, 0.15) is 0 Å². The molecule has 1 saturated heterocycles. The van der Waals surface area contributed by atoms with Crippen molar-refractivity contribution in [2.45, 2.75) is 30.3 Å². The van der Waals surface area contributed by atoms with E-state index in [0.717, 1.165) is 0 Å². The summed E-state index contributed by atoms with van der Waals surface area (Å²) < 4.78 is 0.355. The minimum Gasteiger partial charge on any atom is -0.139 e. The summed E-state index contributed by atoms with van der Waals surface area (Å²) in [6, 6.07) is 11.0. The normalized spacial score (nSPS) is 20.1. The highest BCUT2D eigenvalue weighted by molar-refractivity contribution is 8.18. The largest absolute Gasteiger partial charge is 0.139 e. The molecule has 0 amide bonds. The van der Waals surface area contributed by atoms with Gasteiger partial charge in [0, 0.05) is 0 Å². The first-order valence-corrected chi connectivity index (χ1v) is 7.68. The second-order valence-corrected chi connectivity index (χ2v) is 6.97. The Bertz CT molecular complexity index is 283. The Kier molecular flexibility index (Phi) is 4.04. The standard InChI is InChI=1S/C13H18S2/c1-2-9-13(14-10-6-11-15-13)12-7-4-3-5-8-12/h3-5,7-8H,2,6,9-11H2,1H3. The van der Waals surface area contributed by atoms with E-state index in [2.05, 4.69) is 60.8 Å². The van der Waals surface area contributed by atoms with Crippen LogP contribution in [0.3, 0.4) is 0 Å². The number of benzene rings is 1. The maximum Gasteiger partial charge on any atom is 0.0860 e. The van der Waals surface area contributed by atoms with Gasteiger partial charge in [0.2, 0.25) is 0 Å². The minimum absolute atomic E-state index is 0.355. The second-order valence-electron chi connectivity index (χ2n) is 3.92. The quantitative estimate of drug-likeness (QED) is 0.760. The van der Waals surface area contributed by atoms with Crippen LogP contribution in [0.2, 0.25) is 0 Å². The maximum atomic E-state index is 2.29. The van der Waals surface area contributed by atoms with Gasteiger partial charge in [-0.1, -0.05) is 43.7 Å². The van der Waals surface area contributed by atoms with Crippen molar-refractivity contribution >= 4 is 23.5 Å². The second kappa shape index (κ2) is 5.31. The summed E-state index contributed by atoms with van der Waals surface area (Å²) in [4.78, 5) is 0. The van der Waals surface area contributed by atoms with E-state index in [-0.39, 0.29) is 0 Å². The van der Waals surface area contributed by atoms with Crippen molar-refractivity contribution in [3.63, 3.8) is 0 Å². The molecule has 1 aliphatic heterocycles. The molecule has 0 radical (unpaired) electrons. The van der Waals surface area contributed by atoms with Crippen molar-refractivity contribution in [3.8, 4) is 0 Å². The highest BCUT2D eigenvalue weighted by Crippen LogP contribution is 2.53. The summed E-state index contributed by atoms with van der Waals surface area (Å²) in [5, 5.41) is 0. The predicted molar refractivity (Wildman–Crippen MR) is 72.6 cm³/mol. The Balaban J connectivity index is 2.25. The summed E-state index contributed by atoms with van der Waals surface area (Å²) in [5.41, 5.74) is 1.52. The van der Waals surface area contributed by atoms with Crippen LogP contribution in [-0.2, 0) is 4.08 Å². The molecule has 82 valence electrons. The fourth-order valence-corrected chi connectivity index (χ4v) is 5.61. The van der Waals surface area contributed by atoms with Crippen LogP contribution in [0.15, 0.2) is 30.3 Å². The Hall–Kier alpha value is -0.0800. The van der Waals surface area contributed by atoms with E-state index in [1.807, 2.05) is 0 Å². The molecule has 1 heterocycles. The van der Waals surface area contributed by atoms with Crippen LogP contribution in [0.1, 0.15) is 31.7 Å². The minimum atomic E-state index is 0.355. The van der Waals surface area contributed by atoms with E-state index >= 15 is 0 Å². The van der Waals surface area contributed by atoms with Crippen molar-refractivity contribution in [1.29, 1.82) is 0 Å². The molecule has 0 aliphatic carbocycles. The van der Waals surface area contributed by atoms with Gasteiger partial charge in [0.15, 0.2) is 0 Å². The summed E-state index contributed by atoms with van der Waals surface area (Å²) >= 11 is 4.30. The lowest BCUT2D eigenvalue weighted by Crippen LogP contribution is -2.22. The molecular weight excluding hydrogens is 220 g/mol. The van der Waals surface area contributed by atoms with Crippen LogP contribution in [0.25, 0.3) is 0 Å². The van der Waals surface area contributed by atoms with Gasteiger partial charge in [0.05, 0.1) is 4.08 Å². The zero-order chi connectivity index (χ0) is 10.6. The van der Waals surface area contributed by atoms with Gasteiger partial charge >= 0.3 is 0 Å². The van der Waals surface area contributed by atoms with Crippen molar-refractivity contribution in [1.82, 2.24) is 0 Å². The van der Waals surface area contributed by atoms with Gasteiger partial charge in [-0.05, 0) is 29.9 Å². The third-order valence-corrected chi connectivity index (χ3v) is 6.26. The summed E-state index contributed by atoms with van der Waals surface area (Å²) in [7, 11) is 0. The first-order valence-electron chi connectivity index (χ1n) is 5.71. The van der Waals surface area contributed by atoms with E-state index in [0.29, 0.717) is 4.08 Å². The molecule has 0 aromatic heterocycles. The van der Waals surface area contributed by atoms with Crippen LogP contribution in [0, 0.1) is 0 Å². The molecule has 1 fully saturated rings. The fraction of sp³-hybridized carbons (Fsp3) is 0.538. The zero-order valence-electron chi connectivity index (χ0n) is 9.24. The Morgan fingerprint density at radius 2 is 1.80 bits per heavy atom. The SMILES string of the molecule is CCCC1(c2ccccc2)SCCCS1. The van der Waals surface area contributed by atoms with Crippen molar-refractivity contribution in [2.24, 2.45) is 0 Å².